The minimum atomic E-state index is -0.212. The summed E-state index contributed by atoms with van der Waals surface area (Å²) >= 11 is 7.94. The highest BCUT2D eigenvalue weighted by Crippen LogP contribution is 2.21. The normalized spacial score (nSPS) is 9.74. The van der Waals surface area contributed by atoms with Crippen LogP contribution < -0.4 is 5.32 Å². The van der Waals surface area contributed by atoms with Crippen LogP contribution in [0.3, 0.4) is 0 Å². The molecule has 0 unspecified atom stereocenters. The molecule has 2 rings (SSSR count). The summed E-state index contributed by atoms with van der Waals surface area (Å²) in [6.45, 7) is 0. The highest BCUT2D eigenvalue weighted by Gasteiger charge is 2.10. The summed E-state index contributed by atoms with van der Waals surface area (Å²) < 4.78 is 0.868. The second-order valence-corrected chi connectivity index (χ2v) is 5.31. The van der Waals surface area contributed by atoms with Crippen LogP contribution >= 0.6 is 34.2 Å². The molecule has 94 valence electrons. The van der Waals surface area contributed by atoms with Gasteiger partial charge in [-0.1, -0.05) is 23.7 Å². The predicted molar refractivity (Wildman–Crippen MR) is 83.3 cm³/mol. The average molecular weight is 383 g/mol. The van der Waals surface area contributed by atoms with Gasteiger partial charge in [-0.25, -0.2) is 0 Å². The molecule has 0 heterocycles. The van der Waals surface area contributed by atoms with Crippen LogP contribution in [0.1, 0.15) is 15.9 Å². The Morgan fingerprint density at radius 3 is 2.68 bits per heavy atom. The van der Waals surface area contributed by atoms with Gasteiger partial charge < -0.3 is 5.32 Å². The van der Waals surface area contributed by atoms with E-state index in [0.29, 0.717) is 21.8 Å². The van der Waals surface area contributed by atoms with Gasteiger partial charge in [0.05, 0.1) is 16.1 Å². The minimum absolute atomic E-state index is 0.212. The summed E-state index contributed by atoms with van der Waals surface area (Å²) in [7, 11) is 0. The fourth-order valence-corrected chi connectivity index (χ4v) is 2.32. The van der Waals surface area contributed by atoms with Crippen LogP contribution in [0.4, 0.5) is 5.69 Å². The number of anilines is 1. The van der Waals surface area contributed by atoms with Gasteiger partial charge in [0.2, 0.25) is 0 Å². The molecule has 0 aromatic heterocycles. The van der Waals surface area contributed by atoms with E-state index in [2.05, 4.69) is 27.9 Å². The van der Waals surface area contributed by atoms with Crippen molar-refractivity contribution in [2.75, 3.05) is 5.32 Å². The molecule has 0 aliphatic rings. The van der Waals surface area contributed by atoms with E-state index in [1.165, 1.54) is 0 Å². The van der Waals surface area contributed by atoms with Gasteiger partial charge in [0.1, 0.15) is 6.07 Å². The average Bonchev–Trinajstić information content (AvgIpc) is 2.41. The smallest absolute Gasteiger partial charge is 0.256 e. The molecule has 0 radical (unpaired) electrons. The van der Waals surface area contributed by atoms with Crippen molar-refractivity contribution in [1.82, 2.24) is 0 Å². The molecule has 1 N–H and O–H groups in total. The molecule has 19 heavy (non-hydrogen) atoms. The quantitative estimate of drug-likeness (QED) is 0.796. The summed E-state index contributed by atoms with van der Waals surface area (Å²) in [4.78, 5) is 12.1. The third-order valence-corrected chi connectivity index (χ3v) is 3.73. The van der Waals surface area contributed by atoms with Gasteiger partial charge in [0.25, 0.3) is 5.91 Å². The molecule has 0 bridgehead atoms. The Hall–Kier alpha value is -1.58. The van der Waals surface area contributed by atoms with Crippen molar-refractivity contribution in [1.29, 1.82) is 5.26 Å². The number of hydrogen-bond donors (Lipinski definition) is 1. The molecule has 1 amide bonds. The maximum atomic E-state index is 12.1. The topological polar surface area (TPSA) is 52.9 Å². The van der Waals surface area contributed by atoms with Gasteiger partial charge in [-0.2, -0.15) is 5.26 Å². The second-order valence-electron chi connectivity index (χ2n) is 3.74. The Balaban J connectivity index is 2.25. The largest absolute Gasteiger partial charge is 0.322 e. The highest BCUT2D eigenvalue weighted by molar-refractivity contribution is 14.1. The van der Waals surface area contributed by atoms with Crippen LogP contribution in [0.2, 0.25) is 5.02 Å². The van der Waals surface area contributed by atoms with Crippen molar-refractivity contribution < 1.29 is 4.79 Å². The molecule has 0 saturated heterocycles. The van der Waals surface area contributed by atoms with Crippen LogP contribution in [-0.4, -0.2) is 5.91 Å². The fraction of sp³-hybridized carbons (Fsp3) is 0. The number of carbonyl (C=O) groups excluding carboxylic acids is 1. The first-order valence-corrected chi connectivity index (χ1v) is 6.83. The molecule has 0 fully saturated rings. The summed E-state index contributed by atoms with van der Waals surface area (Å²) in [5, 5.41) is 12.0. The number of nitrogens with one attached hydrogen (secondary N) is 1. The SMILES string of the molecule is N#Cc1cc(NC(=O)c2ccccc2I)ccc1Cl. The Morgan fingerprint density at radius 2 is 2.00 bits per heavy atom. The Bertz CT molecular complexity index is 679. The molecule has 0 spiro atoms. The van der Waals surface area contributed by atoms with Gasteiger partial charge in [0, 0.05) is 9.26 Å². The van der Waals surface area contributed by atoms with E-state index in [1.807, 2.05) is 18.2 Å². The first-order valence-electron chi connectivity index (χ1n) is 5.37. The van der Waals surface area contributed by atoms with Crippen molar-refractivity contribution >= 4 is 45.8 Å². The number of nitrogens with zero attached hydrogens (tertiary/aromatic N) is 1. The maximum Gasteiger partial charge on any atom is 0.256 e. The first-order chi connectivity index (χ1) is 9.11. The lowest BCUT2D eigenvalue weighted by molar-refractivity contribution is 0.102. The van der Waals surface area contributed by atoms with E-state index < -0.39 is 0 Å². The van der Waals surface area contributed by atoms with Crippen LogP contribution in [-0.2, 0) is 0 Å². The van der Waals surface area contributed by atoms with E-state index in [4.69, 9.17) is 16.9 Å². The number of halogens is 2. The van der Waals surface area contributed by atoms with E-state index in [1.54, 1.807) is 30.3 Å². The molecule has 0 saturated carbocycles. The Morgan fingerprint density at radius 1 is 1.26 bits per heavy atom. The van der Waals surface area contributed by atoms with E-state index in [-0.39, 0.29) is 5.91 Å². The lowest BCUT2D eigenvalue weighted by Gasteiger charge is -2.07. The van der Waals surface area contributed by atoms with Gasteiger partial charge in [0.15, 0.2) is 0 Å². The van der Waals surface area contributed by atoms with Gasteiger partial charge in [-0.05, 0) is 52.9 Å². The zero-order valence-corrected chi connectivity index (χ0v) is 12.6. The molecule has 3 nitrogen and oxygen atoms in total. The molecular formula is C14H8ClIN2O. The van der Waals surface area contributed by atoms with Crippen molar-refractivity contribution in [2.24, 2.45) is 0 Å². The second kappa shape index (κ2) is 6.04. The van der Waals surface area contributed by atoms with Crippen molar-refractivity contribution in [2.45, 2.75) is 0 Å². The lowest BCUT2D eigenvalue weighted by atomic mass is 10.2. The molecular weight excluding hydrogens is 375 g/mol. The van der Waals surface area contributed by atoms with E-state index in [0.717, 1.165) is 3.57 Å². The predicted octanol–water partition coefficient (Wildman–Crippen LogP) is 4.07. The summed E-state index contributed by atoms with van der Waals surface area (Å²) in [6, 6.07) is 14.1. The zero-order valence-electron chi connectivity index (χ0n) is 9.65. The number of amides is 1. The Kier molecular flexibility index (Phi) is 4.40. The van der Waals surface area contributed by atoms with Crippen LogP contribution in [0, 0.1) is 14.9 Å². The van der Waals surface area contributed by atoms with Crippen LogP contribution in [0.15, 0.2) is 42.5 Å². The van der Waals surface area contributed by atoms with E-state index >= 15 is 0 Å². The maximum absolute atomic E-state index is 12.1. The number of nitriles is 1. The third-order valence-electron chi connectivity index (χ3n) is 2.46. The highest BCUT2D eigenvalue weighted by atomic mass is 127. The summed E-state index contributed by atoms with van der Waals surface area (Å²) in [5.41, 5.74) is 1.48. The van der Waals surface area contributed by atoms with Crippen LogP contribution in [0.5, 0.6) is 0 Å². The summed E-state index contributed by atoms with van der Waals surface area (Å²) in [6.07, 6.45) is 0. The number of benzene rings is 2. The number of hydrogen-bond acceptors (Lipinski definition) is 2. The Labute approximate surface area is 129 Å². The first kappa shape index (κ1) is 13.8. The third kappa shape index (κ3) is 3.25. The molecule has 0 aliphatic carbocycles. The number of carbonyl (C=O) groups is 1. The van der Waals surface area contributed by atoms with E-state index in [9.17, 15) is 4.79 Å². The minimum Gasteiger partial charge on any atom is -0.322 e. The van der Waals surface area contributed by atoms with Gasteiger partial charge >= 0.3 is 0 Å². The monoisotopic (exact) mass is 382 g/mol. The molecule has 2 aromatic rings. The van der Waals surface area contributed by atoms with Crippen molar-refractivity contribution in [3.8, 4) is 6.07 Å². The standard InChI is InChI=1S/C14H8ClIN2O/c15-12-6-5-10(7-9(12)8-17)18-14(19)11-3-1-2-4-13(11)16/h1-7H,(H,18,19). The molecule has 2 aromatic carbocycles. The zero-order chi connectivity index (χ0) is 13.8. The van der Waals surface area contributed by atoms with Crippen molar-refractivity contribution in [3.63, 3.8) is 0 Å². The molecule has 0 aliphatic heterocycles. The summed E-state index contributed by atoms with van der Waals surface area (Å²) in [5.74, 6) is -0.212. The number of rotatable bonds is 2. The fourth-order valence-electron chi connectivity index (χ4n) is 1.53. The van der Waals surface area contributed by atoms with Crippen LogP contribution in [0.25, 0.3) is 0 Å². The van der Waals surface area contributed by atoms with Crippen molar-refractivity contribution in [3.05, 3.63) is 62.2 Å². The van der Waals surface area contributed by atoms with Gasteiger partial charge in [-0.3, -0.25) is 4.79 Å². The van der Waals surface area contributed by atoms with Gasteiger partial charge in [-0.15, -0.1) is 0 Å². The molecule has 0 atom stereocenters. The molecule has 5 heteroatoms. The lowest BCUT2D eigenvalue weighted by Crippen LogP contribution is -2.13.